The lowest BCUT2D eigenvalue weighted by molar-refractivity contribution is -0.138. The summed E-state index contributed by atoms with van der Waals surface area (Å²) in [7, 11) is 0. The molecule has 0 saturated heterocycles. The molecule has 0 fully saturated rings. The van der Waals surface area contributed by atoms with E-state index in [0.29, 0.717) is 0 Å². The summed E-state index contributed by atoms with van der Waals surface area (Å²) in [5.41, 5.74) is -1.81. The molecular formula is C12H5BrF6. The SMILES string of the molecule is FC(F)(F)c1cc(Br)c2cc(C(F)(F)F)ccc2c1. The van der Waals surface area contributed by atoms with Gasteiger partial charge in [0.05, 0.1) is 11.1 Å². The van der Waals surface area contributed by atoms with E-state index in [0.717, 1.165) is 30.3 Å². The molecule has 102 valence electrons. The summed E-state index contributed by atoms with van der Waals surface area (Å²) >= 11 is 2.87. The van der Waals surface area contributed by atoms with E-state index >= 15 is 0 Å². The second-order valence-electron chi connectivity index (χ2n) is 3.89. The van der Waals surface area contributed by atoms with Gasteiger partial charge in [-0.05, 0) is 35.0 Å². The fourth-order valence-electron chi connectivity index (χ4n) is 1.65. The summed E-state index contributed by atoms with van der Waals surface area (Å²) in [4.78, 5) is 0. The zero-order valence-electron chi connectivity index (χ0n) is 9.03. The maximum absolute atomic E-state index is 12.6. The van der Waals surface area contributed by atoms with Gasteiger partial charge < -0.3 is 0 Å². The van der Waals surface area contributed by atoms with Crippen molar-refractivity contribution in [1.82, 2.24) is 0 Å². The fourth-order valence-corrected chi connectivity index (χ4v) is 2.24. The summed E-state index contributed by atoms with van der Waals surface area (Å²) in [6, 6.07) is 4.19. The number of fused-ring (bicyclic) bond motifs is 1. The summed E-state index contributed by atoms with van der Waals surface area (Å²) in [5.74, 6) is 0. The molecule has 0 unspecified atom stereocenters. The Kier molecular flexibility index (Phi) is 3.28. The minimum Gasteiger partial charge on any atom is -0.166 e. The van der Waals surface area contributed by atoms with Crippen LogP contribution in [0.1, 0.15) is 11.1 Å². The molecule has 19 heavy (non-hydrogen) atoms. The minimum absolute atomic E-state index is 0.0246. The van der Waals surface area contributed by atoms with E-state index in [2.05, 4.69) is 15.9 Å². The smallest absolute Gasteiger partial charge is 0.166 e. The third-order valence-electron chi connectivity index (χ3n) is 2.56. The zero-order chi connectivity index (χ0) is 14.4. The van der Waals surface area contributed by atoms with Crippen molar-refractivity contribution in [2.45, 2.75) is 12.4 Å². The van der Waals surface area contributed by atoms with Crippen LogP contribution in [0.3, 0.4) is 0 Å². The first kappa shape index (κ1) is 14.2. The predicted molar refractivity (Wildman–Crippen MR) is 61.7 cm³/mol. The lowest BCUT2D eigenvalue weighted by atomic mass is 10.0. The van der Waals surface area contributed by atoms with E-state index in [1.54, 1.807) is 0 Å². The zero-order valence-corrected chi connectivity index (χ0v) is 10.6. The highest BCUT2D eigenvalue weighted by Gasteiger charge is 2.33. The predicted octanol–water partition coefficient (Wildman–Crippen LogP) is 5.64. The summed E-state index contributed by atoms with van der Waals surface area (Å²) in [6.45, 7) is 0. The maximum Gasteiger partial charge on any atom is 0.416 e. The summed E-state index contributed by atoms with van der Waals surface area (Å²) < 4.78 is 75.2. The Balaban J connectivity index is 2.67. The van der Waals surface area contributed by atoms with E-state index < -0.39 is 23.5 Å². The van der Waals surface area contributed by atoms with Crippen molar-refractivity contribution < 1.29 is 26.3 Å². The number of alkyl halides is 6. The van der Waals surface area contributed by atoms with Crippen LogP contribution in [0.4, 0.5) is 26.3 Å². The van der Waals surface area contributed by atoms with Crippen molar-refractivity contribution in [2.24, 2.45) is 0 Å². The third kappa shape index (κ3) is 2.86. The molecule has 0 radical (unpaired) electrons. The molecule has 0 nitrogen and oxygen atoms in total. The van der Waals surface area contributed by atoms with Gasteiger partial charge in [-0.2, -0.15) is 26.3 Å². The van der Waals surface area contributed by atoms with Gasteiger partial charge in [-0.15, -0.1) is 0 Å². The molecule has 0 amide bonds. The molecule has 0 spiro atoms. The maximum atomic E-state index is 12.6. The van der Waals surface area contributed by atoms with Gasteiger partial charge in [0.15, 0.2) is 0 Å². The lowest BCUT2D eigenvalue weighted by Crippen LogP contribution is -2.06. The van der Waals surface area contributed by atoms with Gasteiger partial charge in [0.1, 0.15) is 0 Å². The topological polar surface area (TPSA) is 0 Å². The van der Waals surface area contributed by atoms with E-state index in [1.807, 2.05) is 0 Å². The molecule has 0 saturated carbocycles. The van der Waals surface area contributed by atoms with Crippen LogP contribution in [0.5, 0.6) is 0 Å². The monoisotopic (exact) mass is 342 g/mol. The van der Waals surface area contributed by atoms with Gasteiger partial charge in [-0.25, -0.2) is 0 Å². The Labute approximate surface area is 112 Å². The molecule has 0 aliphatic carbocycles. The Morgan fingerprint density at radius 2 is 1.32 bits per heavy atom. The van der Waals surface area contributed by atoms with Crippen LogP contribution >= 0.6 is 15.9 Å². The van der Waals surface area contributed by atoms with Crippen LogP contribution < -0.4 is 0 Å². The van der Waals surface area contributed by atoms with Crippen LogP contribution in [0, 0.1) is 0 Å². The average Bonchev–Trinajstić information content (AvgIpc) is 2.26. The molecule has 7 heteroatoms. The first-order valence-corrected chi connectivity index (χ1v) is 5.76. The van der Waals surface area contributed by atoms with Crippen molar-refractivity contribution in [2.75, 3.05) is 0 Å². The molecule has 0 atom stereocenters. The van der Waals surface area contributed by atoms with Gasteiger partial charge in [0, 0.05) is 4.47 Å². The Bertz CT molecular complexity index is 626. The number of rotatable bonds is 0. The van der Waals surface area contributed by atoms with Gasteiger partial charge in [-0.1, -0.05) is 22.0 Å². The van der Waals surface area contributed by atoms with Crippen LogP contribution in [-0.2, 0) is 12.4 Å². The molecule has 2 aromatic carbocycles. The van der Waals surface area contributed by atoms with Crippen molar-refractivity contribution in [3.8, 4) is 0 Å². The fraction of sp³-hybridized carbons (Fsp3) is 0.167. The van der Waals surface area contributed by atoms with Crippen LogP contribution in [0.2, 0.25) is 0 Å². The van der Waals surface area contributed by atoms with Gasteiger partial charge in [0.2, 0.25) is 0 Å². The highest BCUT2D eigenvalue weighted by atomic mass is 79.9. The number of hydrogen-bond donors (Lipinski definition) is 0. The minimum atomic E-state index is -4.54. The largest absolute Gasteiger partial charge is 0.416 e. The van der Waals surface area contributed by atoms with E-state index in [-0.39, 0.29) is 15.2 Å². The molecular weight excluding hydrogens is 338 g/mol. The van der Waals surface area contributed by atoms with E-state index in [9.17, 15) is 26.3 Å². The second kappa shape index (κ2) is 4.40. The quantitative estimate of drug-likeness (QED) is 0.543. The van der Waals surface area contributed by atoms with Crippen molar-refractivity contribution in [3.63, 3.8) is 0 Å². The molecule has 0 aliphatic heterocycles. The Morgan fingerprint density at radius 1 is 0.737 bits per heavy atom. The van der Waals surface area contributed by atoms with Crippen molar-refractivity contribution >= 4 is 26.7 Å². The van der Waals surface area contributed by atoms with Gasteiger partial charge in [0.25, 0.3) is 0 Å². The van der Waals surface area contributed by atoms with E-state index in [1.165, 1.54) is 0 Å². The molecule has 0 N–H and O–H groups in total. The first-order valence-electron chi connectivity index (χ1n) is 4.97. The highest BCUT2D eigenvalue weighted by molar-refractivity contribution is 9.10. The van der Waals surface area contributed by atoms with Crippen LogP contribution in [0.15, 0.2) is 34.8 Å². The molecule has 0 aliphatic rings. The molecule has 0 bridgehead atoms. The summed E-state index contributed by atoms with van der Waals surface area (Å²) in [6.07, 6.45) is -9.07. The lowest BCUT2D eigenvalue weighted by Gasteiger charge is -2.12. The Morgan fingerprint density at radius 3 is 1.84 bits per heavy atom. The molecule has 2 rings (SSSR count). The van der Waals surface area contributed by atoms with E-state index in [4.69, 9.17) is 0 Å². The van der Waals surface area contributed by atoms with Gasteiger partial charge >= 0.3 is 12.4 Å². The van der Waals surface area contributed by atoms with Crippen LogP contribution in [0.25, 0.3) is 10.8 Å². The number of halogens is 7. The Hall–Kier alpha value is -1.24. The highest BCUT2D eigenvalue weighted by Crippen LogP contribution is 2.38. The first-order chi connectivity index (χ1) is 8.59. The van der Waals surface area contributed by atoms with Crippen molar-refractivity contribution in [1.29, 1.82) is 0 Å². The summed E-state index contributed by atoms with van der Waals surface area (Å²) in [5, 5.41) is 0.178. The van der Waals surface area contributed by atoms with Crippen LogP contribution in [-0.4, -0.2) is 0 Å². The second-order valence-corrected chi connectivity index (χ2v) is 4.74. The normalized spacial score (nSPS) is 13.0. The number of hydrogen-bond acceptors (Lipinski definition) is 0. The average molecular weight is 343 g/mol. The molecule has 0 heterocycles. The molecule has 0 aromatic heterocycles. The standard InChI is InChI=1S/C12H5BrF6/c13-10-5-8(12(17,18)19)3-6-1-2-7(4-9(6)10)11(14,15)16/h1-5H. The number of benzene rings is 2. The van der Waals surface area contributed by atoms with Gasteiger partial charge in [-0.3, -0.25) is 0 Å². The van der Waals surface area contributed by atoms with Crippen molar-refractivity contribution in [3.05, 3.63) is 45.9 Å². The third-order valence-corrected chi connectivity index (χ3v) is 3.21. The molecule has 2 aromatic rings.